The van der Waals surface area contributed by atoms with Gasteiger partial charge in [0.25, 0.3) is 0 Å². The zero-order valence-electron chi connectivity index (χ0n) is 13.3. The first-order valence-electron chi connectivity index (χ1n) is 8.40. The highest BCUT2D eigenvalue weighted by molar-refractivity contribution is 8.00. The van der Waals surface area contributed by atoms with E-state index in [2.05, 4.69) is 22.2 Å². The molecule has 0 aliphatic heterocycles. The molecule has 0 spiro atoms. The van der Waals surface area contributed by atoms with Crippen LogP contribution in [0, 0.1) is 5.92 Å². The lowest BCUT2D eigenvalue weighted by atomic mass is 9.97. The molecular weight excluding hydrogens is 326 g/mol. The number of aryl methyl sites for hydroxylation is 2. The summed E-state index contributed by atoms with van der Waals surface area (Å²) in [5.41, 5.74) is 1.44. The SMILES string of the molecule is C[C@@H](NC(=O)CSc1ncnc2sc3c(c12)CCCC3)C1CC1. The van der Waals surface area contributed by atoms with Crippen molar-refractivity contribution in [3.8, 4) is 0 Å². The molecule has 2 aromatic heterocycles. The van der Waals surface area contributed by atoms with Crippen molar-refractivity contribution >= 4 is 39.2 Å². The van der Waals surface area contributed by atoms with Crippen molar-refractivity contribution in [3.05, 3.63) is 16.8 Å². The van der Waals surface area contributed by atoms with Crippen LogP contribution >= 0.6 is 23.1 Å². The molecule has 4 rings (SSSR count). The van der Waals surface area contributed by atoms with Crippen LogP contribution in [0.3, 0.4) is 0 Å². The molecule has 1 fully saturated rings. The molecule has 1 saturated carbocycles. The predicted molar refractivity (Wildman–Crippen MR) is 95.1 cm³/mol. The molecule has 2 aliphatic carbocycles. The molecule has 0 bridgehead atoms. The summed E-state index contributed by atoms with van der Waals surface area (Å²) in [5.74, 6) is 1.25. The number of rotatable bonds is 5. The summed E-state index contributed by atoms with van der Waals surface area (Å²) in [5, 5.41) is 5.30. The van der Waals surface area contributed by atoms with E-state index in [9.17, 15) is 4.79 Å². The summed E-state index contributed by atoms with van der Waals surface area (Å²) in [7, 11) is 0. The van der Waals surface area contributed by atoms with Gasteiger partial charge < -0.3 is 5.32 Å². The van der Waals surface area contributed by atoms with E-state index in [0.29, 0.717) is 17.7 Å². The molecule has 0 saturated heterocycles. The van der Waals surface area contributed by atoms with Crippen LogP contribution in [0.4, 0.5) is 0 Å². The number of thiophene rings is 1. The molecule has 1 N–H and O–H groups in total. The van der Waals surface area contributed by atoms with Gasteiger partial charge in [0.15, 0.2) is 0 Å². The molecule has 4 nitrogen and oxygen atoms in total. The minimum absolute atomic E-state index is 0.116. The zero-order chi connectivity index (χ0) is 15.8. The smallest absolute Gasteiger partial charge is 0.230 e. The Morgan fingerprint density at radius 1 is 1.39 bits per heavy atom. The van der Waals surface area contributed by atoms with Crippen molar-refractivity contribution in [1.29, 1.82) is 0 Å². The maximum absolute atomic E-state index is 12.1. The third-order valence-corrected chi connectivity index (χ3v) is 6.96. The molecule has 6 heteroatoms. The van der Waals surface area contributed by atoms with E-state index >= 15 is 0 Å². The Labute approximate surface area is 144 Å². The molecule has 2 aromatic rings. The first-order valence-corrected chi connectivity index (χ1v) is 10.2. The number of thioether (sulfide) groups is 1. The van der Waals surface area contributed by atoms with E-state index in [0.717, 1.165) is 16.3 Å². The fraction of sp³-hybridized carbons (Fsp3) is 0.588. The lowest BCUT2D eigenvalue weighted by molar-refractivity contribution is -0.119. The van der Waals surface area contributed by atoms with Crippen LogP contribution in [-0.4, -0.2) is 27.7 Å². The van der Waals surface area contributed by atoms with E-state index in [1.807, 2.05) is 0 Å². The average Bonchev–Trinajstić information content (AvgIpc) is 3.33. The summed E-state index contributed by atoms with van der Waals surface area (Å²) in [6.07, 6.45) is 8.96. The summed E-state index contributed by atoms with van der Waals surface area (Å²) >= 11 is 3.36. The summed E-state index contributed by atoms with van der Waals surface area (Å²) in [6, 6.07) is 0.308. The normalized spacial score (nSPS) is 18.7. The van der Waals surface area contributed by atoms with Crippen molar-refractivity contribution in [1.82, 2.24) is 15.3 Å². The highest BCUT2D eigenvalue weighted by atomic mass is 32.2. The van der Waals surface area contributed by atoms with Gasteiger partial charge in [0.1, 0.15) is 16.2 Å². The van der Waals surface area contributed by atoms with Crippen molar-refractivity contribution in [3.63, 3.8) is 0 Å². The Bertz CT molecular complexity index is 739. The Morgan fingerprint density at radius 2 is 2.22 bits per heavy atom. The minimum Gasteiger partial charge on any atom is -0.353 e. The number of carbonyl (C=O) groups excluding carboxylic acids is 1. The summed E-state index contributed by atoms with van der Waals surface area (Å²) in [6.45, 7) is 2.11. The molecule has 2 heterocycles. The van der Waals surface area contributed by atoms with Gasteiger partial charge in [-0.05, 0) is 56.9 Å². The number of nitrogens with zero attached hydrogens (tertiary/aromatic N) is 2. The lowest BCUT2D eigenvalue weighted by Crippen LogP contribution is -2.35. The second-order valence-corrected chi connectivity index (χ2v) is 8.60. The van der Waals surface area contributed by atoms with Gasteiger partial charge in [-0.25, -0.2) is 9.97 Å². The molecule has 23 heavy (non-hydrogen) atoms. The maximum atomic E-state index is 12.1. The topological polar surface area (TPSA) is 54.9 Å². The van der Waals surface area contributed by atoms with Gasteiger partial charge in [0.2, 0.25) is 5.91 Å². The number of fused-ring (bicyclic) bond motifs is 3. The van der Waals surface area contributed by atoms with Gasteiger partial charge in [-0.2, -0.15) is 0 Å². The van der Waals surface area contributed by atoms with Crippen LogP contribution in [0.2, 0.25) is 0 Å². The Balaban J connectivity index is 1.50. The third-order valence-electron chi connectivity index (χ3n) is 4.77. The average molecular weight is 348 g/mol. The summed E-state index contributed by atoms with van der Waals surface area (Å²) < 4.78 is 0. The van der Waals surface area contributed by atoms with Crippen molar-refractivity contribution < 1.29 is 4.79 Å². The molecule has 122 valence electrons. The molecule has 1 atom stereocenters. The standard InChI is InChI=1S/C17H21N3OS2/c1-10(11-6-7-11)20-14(21)8-22-16-15-12-4-2-3-5-13(12)23-17(15)19-9-18-16/h9-11H,2-8H2,1H3,(H,20,21)/t10-/m1/s1. The highest BCUT2D eigenvalue weighted by Gasteiger charge is 2.29. The second-order valence-electron chi connectivity index (χ2n) is 6.55. The van der Waals surface area contributed by atoms with Gasteiger partial charge in [0, 0.05) is 16.3 Å². The Hall–Kier alpha value is -1.14. The number of amides is 1. The molecule has 2 aliphatic rings. The van der Waals surface area contributed by atoms with Crippen LogP contribution in [0.5, 0.6) is 0 Å². The number of hydrogen-bond donors (Lipinski definition) is 1. The molecule has 0 aromatic carbocycles. The minimum atomic E-state index is 0.116. The van der Waals surface area contributed by atoms with Gasteiger partial charge in [0.05, 0.1) is 5.75 Å². The van der Waals surface area contributed by atoms with Gasteiger partial charge in [-0.15, -0.1) is 11.3 Å². The fourth-order valence-corrected chi connectivity index (χ4v) is 5.44. The van der Waals surface area contributed by atoms with Crippen molar-refractivity contribution in [2.75, 3.05) is 5.75 Å². The first kappa shape index (κ1) is 15.4. The van der Waals surface area contributed by atoms with E-state index in [1.165, 1.54) is 47.9 Å². The molecule has 0 radical (unpaired) electrons. The summed E-state index contributed by atoms with van der Waals surface area (Å²) in [4.78, 5) is 23.6. The monoisotopic (exact) mass is 347 g/mol. The van der Waals surface area contributed by atoms with Crippen molar-refractivity contribution in [2.24, 2.45) is 5.92 Å². The van der Waals surface area contributed by atoms with Gasteiger partial charge in [-0.3, -0.25) is 4.79 Å². The predicted octanol–water partition coefficient (Wildman–Crippen LogP) is 3.58. The van der Waals surface area contributed by atoms with Crippen LogP contribution in [0.1, 0.15) is 43.0 Å². The number of aromatic nitrogens is 2. The third kappa shape index (κ3) is 3.24. The van der Waals surface area contributed by atoms with Gasteiger partial charge in [-0.1, -0.05) is 11.8 Å². The second kappa shape index (κ2) is 6.40. The van der Waals surface area contributed by atoms with Crippen LogP contribution < -0.4 is 5.32 Å². The Kier molecular flexibility index (Phi) is 4.28. The van der Waals surface area contributed by atoms with E-state index in [1.54, 1.807) is 29.4 Å². The van der Waals surface area contributed by atoms with Crippen molar-refractivity contribution in [2.45, 2.75) is 56.5 Å². The van der Waals surface area contributed by atoms with Crippen LogP contribution in [0.15, 0.2) is 11.4 Å². The number of carbonyl (C=O) groups is 1. The largest absolute Gasteiger partial charge is 0.353 e. The van der Waals surface area contributed by atoms with E-state index in [4.69, 9.17) is 0 Å². The fourth-order valence-electron chi connectivity index (χ4n) is 3.31. The number of hydrogen-bond acceptors (Lipinski definition) is 5. The molecule has 0 unspecified atom stereocenters. The Morgan fingerprint density at radius 3 is 3.04 bits per heavy atom. The highest BCUT2D eigenvalue weighted by Crippen LogP contribution is 2.39. The van der Waals surface area contributed by atoms with E-state index in [-0.39, 0.29) is 5.91 Å². The zero-order valence-corrected chi connectivity index (χ0v) is 14.9. The lowest BCUT2D eigenvalue weighted by Gasteiger charge is -2.13. The quantitative estimate of drug-likeness (QED) is 0.663. The first-order chi connectivity index (χ1) is 11.2. The maximum Gasteiger partial charge on any atom is 0.230 e. The molecule has 1 amide bonds. The van der Waals surface area contributed by atoms with Crippen LogP contribution in [-0.2, 0) is 17.6 Å². The number of nitrogens with one attached hydrogen (secondary N) is 1. The van der Waals surface area contributed by atoms with Gasteiger partial charge >= 0.3 is 0 Å². The molecular formula is C17H21N3OS2. The van der Waals surface area contributed by atoms with E-state index < -0.39 is 0 Å². The van der Waals surface area contributed by atoms with Crippen LogP contribution in [0.25, 0.3) is 10.2 Å².